The van der Waals surface area contributed by atoms with Crippen LogP contribution in [-0.2, 0) is 6.42 Å². The van der Waals surface area contributed by atoms with Gasteiger partial charge in [-0.25, -0.2) is 0 Å². The van der Waals surface area contributed by atoms with Crippen LogP contribution in [0.5, 0.6) is 0 Å². The van der Waals surface area contributed by atoms with Crippen molar-refractivity contribution in [1.82, 2.24) is 14.8 Å². The monoisotopic (exact) mass is 315 g/mol. The van der Waals surface area contributed by atoms with Gasteiger partial charge in [0.25, 0.3) is 0 Å². The van der Waals surface area contributed by atoms with Gasteiger partial charge in [0.05, 0.1) is 5.69 Å². The first-order chi connectivity index (χ1) is 10.3. The Morgan fingerprint density at radius 3 is 2.57 bits per heavy atom. The van der Waals surface area contributed by atoms with Gasteiger partial charge in [0.15, 0.2) is 5.16 Å². The van der Waals surface area contributed by atoms with Crippen LogP contribution < -0.4 is 0 Å². The van der Waals surface area contributed by atoms with Gasteiger partial charge >= 0.3 is 0 Å². The van der Waals surface area contributed by atoms with Crippen LogP contribution in [-0.4, -0.2) is 21.0 Å². The molecule has 0 aliphatic rings. The molecule has 0 fully saturated rings. The molecule has 2 aromatic carbocycles. The SMILES string of the molecule is CSc1nnc(Cc2ccccc2)n1-c1cccc(Cl)c1. The average Bonchev–Trinajstić information content (AvgIpc) is 2.91. The normalized spacial score (nSPS) is 10.8. The molecule has 0 N–H and O–H groups in total. The van der Waals surface area contributed by atoms with Crippen molar-refractivity contribution in [3.63, 3.8) is 0 Å². The first-order valence-corrected chi connectivity index (χ1v) is 8.16. The zero-order valence-corrected chi connectivity index (χ0v) is 13.1. The van der Waals surface area contributed by atoms with Crippen LogP contribution in [0.2, 0.25) is 5.02 Å². The Hall–Kier alpha value is -1.78. The van der Waals surface area contributed by atoms with Crippen LogP contribution in [0.1, 0.15) is 11.4 Å². The van der Waals surface area contributed by atoms with E-state index in [2.05, 4.69) is 26.9 Å². The maximum atomic E-state index is 6.11. The van der Waals surface area contributed by atoms with Crippen molar-refractivity contribution in [2.75, 3.05) is 6.26 Å². The molecule has 3 rings (SSSR count). The minimum atomic E-state index is 0.707. The Kier molecular flexibility index (Phi) is 4.27. The molecule has 0 saturated carbocycles. The summed E-state index contributed by atoms with van der Waals surface area (Å²) in [7, 11) is 0. The highest BCUT2D eigenvalue weighted by Crippen LogP contribution is 2.23. The van der Waals surface area contributed by atoms with Gasteiger partial charge in [-0.1, -0.05) is 59.8 Å². The Balaban J connectivity index is 2.04. The summed E-state index contributed by atoms with van der Waals surface area (Å²) in [6.07, 6.45) is 2.73. The van der Waals surface area contributed by atoms with Gasteiger partial charge in [-0.05, 0) is 30.0 Å². The van der Waals surface area contributed by atoms with Crippen molar-refractivity contribution >= 4 is 23.4 Å². The lowest BCUT2D eigenvalue weighted by Crippen LogP contribution is -2.03. The molecule has 0 unspecified atom stereocenters. The van der Waals surface area contributed by atoms with E-state index in [1.165, 1.54) is 5.56 Å². The van der Waals surface area contributed by atoms with E-state index < -0.39 is 0 Å². The summed E-state index contributed by atoms with van der Waals surface area (Å²) in [6, 6.07) is 18.0. The number of halogens is 1. The number of hydrogen-bond donors (Lipinski definition) is 0. The van der Waals surface area contributed by atoms with Crippen LogP contribution in [0.3, 0.4) is 0 Å². The molecule has 0 atom stereocenters. The number of nitrogens with zero attached hydrogens (tertiary/aromatic N) is 3. The summed E-state index contributed by atoms with van der Waals surface area (Å²) in [5, 5.41) is 10.2. The second-order valence-corrected chi connectivity index (χ2v) is 5.79. The molecule has 21 heavy (non-hydrogen) atoms. The minimum absolute atomic E-state index is 0.707. The van der Waals surface area contributed by atoms with Crippen molar-refractivity contribution in [2.24, 2.45) is 0 Å². The summed E-state index contributed by atoms with van der Waals surface area (Å²) in [5.41, 5.74) is 2.20. The standard InChI is InChI=1S/C16H14ClN3S/c1-21-16-19-18-15(10-12-6-3-2-4-7-12)20(16)14-9-5-8-13(17)11-14/h2-9,11H,10H2,1H3. The van der Waals surface area contributed by atoms with Gasteiger partial charge in [-0.3, -0.25) is 4.57 Å². The number of thioether (sulfide) groups is 1. The molecule has 5 heteroatoms. The fraction of sp³-hybridized carbons (Fsp3) is 0.125. The highest BCUT2D eigenvalue weighted by atomic mass is 35.5. The molecular weight excluding hydrogens is 302 g/mol. The summed E-state index contributed by atoms with van der Waals surface area (Å²) in [5.74, 6) is 0.910. The van der Waals surface area contributed by atoms with Gasteiger partial charge in [0.2, 0.25) is 0 Å². The zero-order valence-electron chi connectivity index (χ0n) is 11.5. The molecule has 0 aliphatic heterocycles. The van der Waals surface area contributed by atoms with E-state index in [0.717, 1.165) is 23.1 Å². The maximum Gasteiger partial charge on any atom is 0.195 e. The third kappa shape index (κ3) is 3.12. The zero-order chi connectivity index (χ0) is 14.7. The van der Waals surface area contributed by atoms with Crippen LogP contribution in [0.25, 0.3) is 5.69 Å². The fourth-order valence-corrected chi connectivity index (χ4v) is 2.90. The fourth-order valence-electron chi connectivity index (χ4n) is 2.20. The van der Waals surface area contributed by atoms with E-state index in [0.29, 0.717) is 5.02 Å². The molecule has 0 amide bonds. The van der Waals surface area contributed by atoms with Crippen LogP contribution in [0.15, 0.2) is 59.8 Å². The number of rotatable bonds is 4. The Morgan fingerprint density at radius 1 is 1.05 bits per heavy atom. The lowest BCUT2D eigenvalue weighted by Gasteiger charge is -2.09. The molecular formula is C16H14ClN3S. The van der Waals surface area contributed by atoms with E-state index in [9.17, 15) is 0 Å². The number of hydrogen-bond acceptors (Lipinski definition) is 3. The Bertz CT molecular complexity index is 740. The quantitative estimate of drug-likeness (QED) is 0.675. The first kappa shape index (κ1) is 14.2. The summed E-state index contributed by atoms with van der Waals surface area (Å²) in [6.45, 7) is 0. The predicted molar refractivity (Wildman–Crippen MR) is 87.4 cm³/mol. The first-order valence-electron chi connectivity index (χ1n) is 6.56. The predicted octanol–water partition coefficient (Wildman–Crippen LogP) is 4.23. The molecule has 0 radical (unpaired) electrons. The molecule has 1 heterocycles. The molecule has 3 aromatic rings. The van der Waals surface area contributed by atoms with Gasteiger partial charge < -0.3 is 0 Å². The lowest BCUT2D eigenvalue weighted by atomic mass is 10.1. The van der Waals surface area contributed by atoms with E-state index in [4.69, 9.17) is 11.6 Å². The molecule has 0 aliphatic carbocycles. The highest BCUT2D eigenvalue weighted by molar-refractivity contribution is 7.98. The topological polar surface area (TPSA) is 30.7 Å². The van der Waals surface area contributed by atoms with Crippen molar-refractivity contribution in [3.8, 4) is 5.69 Å². The third-order valence-electron chi connectivity index (χ3n) is 3.15. The minimum Gasteiger partial charge on any atom is -0.274 e. The number of benzene rings is 2. The highest BCUT2D eigenvalue weighted by Gasteiger charge is 2.13. The average molecular weight is 316 g/mol. The second-order valence-electron chi connectivity index (χ2n) is 4.58. The summed E-state index contributed by atoms with van der Waals surface area (Å²) >= 11 is 7.68. The molecule has 0 spiro atoms. The maximum absolute atomic E-state index is 6.11. The van der Waals surface area contributed by atoms with Crippen molar-refractivity contribution in [1.29, 1.82) is 0 Å². The largest absolute Gasteiger partial charge is 0.274 e. The van der Waals surface area contributed by atoms with Gasteiger partial charge in [-0.2, -0.15) is 0 Å². The summed E-state index contributed by atoms with van der Waals surface area (Å²) < 4.78 is 2.06. The van der Waals surface area contributed by atoms with E-state index in [-0.39, 0.29) is 0 Å². The van der Waals surface area contributed by atoms with Crippen molar-refractivity contribution in [3.05, 3.63) is 71.0 Å². The van der Waals surface area contributed by atoms with E-state index in [1.54, 1.807) is 11.8 Å². The van der Waals surface area contributed by atoms with Gasteiger partial charge in [-0.15, -0.1) is 10.2 Å². The van der Waals surface area contributed by atoms with Crippen LogP contribution in [0, 0.1) is 0 Å². The van der Waals surface area contributed by atoms with Crippen molar-refractivity contribution in [2.45, 2.75) is 11.6 Å². The van der Waals surface area contributed by atoms with Gasteiger partial charge in [0.1, 0.15) is 5.82 Å². The lowest BCUT2D eigenvalue weighted by molar-refractivity contribution is 0.849. The molecule has 0 saturated heterocycles. The molecule has 106 valence electrons. The molecule has 3 nitrogen and oxygen atoms in total. The Labute approximate surface area is 133 Å². The second kappa shape index (κ2) is 6.33. The number of aromatic nitrogens is 3. The van der Waals surface area contributed by atoms with E-state index >= 15 is 0 Å². The van der Waals surface area contributed by atoms with Gasteiger partial charge in [0, 0.05) is 11.4 Å². The van der Waals surface area contributed by atoms with Crippen molar-refractivity contribution < 1.29 is 0 Å². The Morgan fingerprint density at radius 2 is 1.86 bits per heavy atom. The summed E-state index contributed by atoms with van der Waals surface area (Å²) in [4.78, 5) is 0. The van der Waals surface area contributed by atoms with E-state index in [1.807, 2.05) is 48.7 Å². The smallest absolute Gasteiger partial charge is 0.195 e. The molecule has 1 aromatic heterocycles. The van der Waals surface area contributed by atoms with Crippen LogP contribution >= 0.6 is 23.4 Å². The molecule has 0 bridgehead atoms. The van der Waals surface area contributed by atoms with Crippen LogP contribution in [0.4, 0.5) is 0 Å². The third-order valence-corrected chi connectivity index (χ3v) is 4.02.